The summed E-state index contributed by atoms with van der Waals surface area (Å²) in [6.45, 7) is 0. The van der Waals surface area contributed by atoms with E-state index in [1.54, 1.807) is 0 Å². The van der Waals surface area contributed by atoms with Crippen LogP contribution in [0, 0.1) is 0 Å². The Bertz CT molecular complexity index is 924. The summed E-state index contributed by atoms with van der Waals surface area (Å²) in [5.74, 6) is -2.16. The van der Waals surface area contributed by atoms with Crippen LogP contribution in [0.3, 0.4) is 0 Å². The third kappa shape index (κ3) is 3.54. The molecule has 1 aliphatic rings. The van der Waals surface area contributed by atoms with Gasteiger partial charge in [0.05, 0.1) is 11.3 Å². The highest BCUT2D eigenvalue weighted by atomic mass is 35.5. The summed E-state index contributed by atoms with van der Waals surface area (Å²) >= 11 is 11.8. The van der Waals surface area contributed by atoms with E-state index in [-0.39, 0.29) is 16.3 Å². The van der Waals surface area contributed by atoms with E-state index in [4.69, 9.17) is 23.2 Å². The van der Waals surface area contributed by atoms with E-state index in [2.05, 4.69) is 4.74 Å². The highest BCUT2D eigenvalue weighted by Gasteiger charge is 2.39. The smallest absolute Gasteiger partial charge is 0.406 e. The minimum Gasteiger partial charge on any atom is -0.406 e. The van der Waals surface area contributed by atoms with Crippen LogP contribution >= 0.6 is 23.2 Å². The number of benzene rings is 2. The molecule has 4 nitrogen and oxygen atoms in total. The van der Waals surface area contributed by atoms with Crippen molar-refractivity contribution in [2.75, 3.05) is 4.90 Å². The van der Waals surface area contributed by atoms with Gasteiger partial charge in [-0.3, -0.25) is 9.59 Å². The van der Waals surface area contributed by atoms with E-state index in [1.807, 2.05) is 0 Å². The minimum absolute atomic E-state index is 0.0597. The Morgan fingerprint density at radius 3 is 2.19 bits per heavy atom. The van der Waals surface area contributed by atoms with Gasteiger partial charge in [-0.15, -0.1) is 13.2 Å². The maximum Gasteiger partial charge on any atom is 0.573 e. The average Bonchev–Trinajstić information content (AvgIpc) is 2.77. The molecule has 1 aliphatic heterocycles. The first-order valence-electron chi connectivity index (χ1n) is 7.07. The van der Waals surface area contributed by atoms with Gasteiger partial charge in [0, 0.05) is 11.1 Å². The zero-order chi connectivity index (χ0) is 19.1. The van der Waals surface area contributed by atoms with Gasteiger partial charge in [-0.2, -0.15) is 0 Å². The van der Waals surface area contributed by atoms with Crippen LogP contribution < -0.4 is 9.64 Å². The molecule has 0 aliphatic carbocycles. The number of alkyl halides is 3. The Labute approximate surface area is 155 Å². The van der Waals surface area contributed by atoms with Crippen LogP contribution in [0.25, 0.3) is 5.57 Å². The Morgan fingerprint density at radius 1 is 0.923 bits per heavy atom. The van der Waals surface area contributed by atoms with Gasteiger partial charge in [0.25, 0.3) is 11.8 Å². The zero-order valence-electron chi connectivity index (χ0n) is 12.7. The summed E-state index contributed by atoms with van der Waals surface area (Å²) in [5, 5.41) is 0.0931. The molecule has 1 heterocycles. The minimum atomic E-state index is -4.90. The third-order valence-corrected chi connectivity index (χ3v) is 4.07. The molecular weight excluding hydrogens is 394 g/mol. The Balaban J connectivity index is 1.96. The van der Waals surface area contributed by atoms with Crippen LogP contribution in [-0.4, -0.2) is 18.2 Å². The van der Waals surface area contributed by atoms with Crippen molar-refractivity contribution >= 4 is 46.3 Å². The summed E-state index contributed by atoms with van der Waals surface area (Å²) < 4.78 is 40.9. The van der Waals surface area contributed by atoms with Crippen LogP contribution in [0.5, 0.6) is 5.75 Å². The maximum atomic E-state index is 12.7. The molecule has 2 aromatic rings. The summed E-state index contributed by atoms with van der Waals surface area (Å²) in [5.41, 5.74) is 0.210. The summed E-state index contributed by atoms with van der Waals surface area (Å²) in [7, 11) is 0. The number of nitrogens with zero attached hydrogens (tertiary/aromatic N) is 1. The maximum absolute atomic E-state index is 12.7. The lowest BCUT2D eigenvalue weighted by molar-refractivity contribution is -0.274. The van der Waals surface area contributed by atoms with E-state index in [0.717, 1.165) is 12.1 Å². The number of halogens is 5. The molecule has 0 spiro atoms. The van der Waals surface area contributed by atoms with Crippen LogP contribution in [0.2, 0.25) is 5.02 Å². The molecule has 134 valence electrons. The fourth-order valence-corrected chi connectivity index (χ4v) is 2.82. The molecule has 2 amide bonds. The number of anilines is 1. The first kappa shape index (κ1) is 18.3. The molecule has 0 saturated carbocycles. The molecule has 26 heavy (non-hydrogen) atoms. The fourth-order valence-electron chi connectivity index (χ4n) is 2.42. The van der Waals surface area contributed by atoms with E-state index in [1.165, 1.54) is 36.4 Å². The molecule has 0 fully saturated rings. The van der Waals surface area contributed by atoms with Crippen molar-refractivity contribution in [2.45, 2.75) is 6.36 Å². The lowest BCUT2D eigenvalue weighted by Crippen LogP contribution is -2.31. The second-order valence-electron chi connectivity index (χ2n) is 5.19. The molecule has 0 atom stereocenters. The van der Waals surface area contributed by atoms with Crippen LogP contribution in [0.15, 0.2) is 53.6 Å². The number of imide groups is 1. The van der Waals surface area contributed by atoms with Gasteiger partial charge in [0.2, 0.25) is 0 Å². The number of ether oxygens (including phenoxy) is 1. The second-order valence-corrected chi connectivity index (χ2v) is 6.00. The molecule has 0 bridgehead atoms. The van der Waals surface area contributed by atoms with Crippen molar-refractivity contribution in [3.05, 3.63) is 64.1 Å². The normalized spacial score (nSPS) is 15.0. The van der Waals surface area contributed by atoms with Gasteiger partial charge < -0.3 is 4.74 Å². The van der Waals surface area contributed by atoms with E-state index < -0.39 is 23.9 Å². The highest BCUT2D eigenvalue weighted by Crippen LogP contribution is 2.36. The number of hydrogen-bond donors (Lipinski definition) is 0. The molecule has 3 rings (SSSR count). The molecule has 0 N–H and O–H groups in total. The Morgan fingerprint density at radius 2 is 1.58 bits per heavy atom. The molecule has 0 unspecified atom stereocenters. The van der Waals surface area contributed by atoms with Crippen molar-refractivity contribution < 1.29 is 27.5 Å². The molecule has 0 aromatic heterocycles. The van der Waals surface area contributed by atoms with Crippen LogP contribution in [0.1, 0.15) is 5.56 Å². The highest BCUT2D eigenvalue weighted by molar-refractivity contribution is 6.60. The lowest BCUT2D eigenvalue weighted by atomic mass is 10.1. The molecule has 0 radical (unpaired) electrons. The molecular formula is C17H8Cl2F3NO3. The second kappa shape index (κ2) is 6.66. The average molecular weight is 402 g/mol. The number of amides is 2. The number of rotatable bonds is 3. The predicted molar refractivity (Wildman–Crippen MR) is 89.8 cm³/mol. The van der Waals surface area contributed by atoms with Crippen molar-refractivity contribution in [3.8, 4) is 5.75 Å². The fraction of sp³-hybridized carbons (Fsp3) is 0.0588. The Hall–Kier alpha value is -2.51. The predicted octanol–water partition coefficient (Wildman–Crippen LogP) is 4.76. The van der Waals surface area contributed by atoms with Gasteiger partial charge >= 0.3 is 6.36 Å². The van der Waals surface area contributed by atoms with Gasteiger partial charge in [-0.25, -0.2) is 4.90 Å². The monoisotopic (exact) mass is 401 g/mol. The van der Waals surface area contributed by atoms with Crippen molar-refractivity contribution in [3.63, 3.8) is 0 Å². The van der Waals surface area contributed by atoms with Crippen molar-refractivity contribution in [2.24, 2.45) is 0 Å². The van der Waals surface area contributed by atoms with Crippen molar-refractivity contribution in [1.82, 2.24) is 0 Å². The van der Waals surface area contributed by atoms with Gasteiger partial charge in [-0.1, -0.05) is 41.4 Å². The van der Waals surface area contributed by atoms with Gasteiger partial charge in [0.15, 0.2) is 0 Å². The first-order chi connectivity index (χ1) is 12.2. The van der Waals surface area contributed by atoms with E-state index in [0.29, 0.717) is 15.5 Å². The van der Waals surface area contributed by atoms with Crippen molar-refractivity contribution in [1.29, 1.82) is 0 Å². The molecule has 0 saturated heterocycles. The van der Waals surface area contributed by atoms with Gasteiger partial charge in [0.1, 0.15) is 10.8 Å². The largest absolute Gasteiger partial charge is 0.573 e. The summed E-state index contributed by atoms with van der Waals surface area (Å²) in [4.78, 5) is 25.8. The number of carbonyl (C=O) groups is 2. The first-order valence-corrected chi connectivity index (χ1v) is 7.83. The topological polar surface area (TPSA) is 46.6 Å². The van der Waals surface area contributed by atoms with Crippen LogP contribution in [-0.2, 0) is 9.59 Å². The Kier molecular flexibility index (Phi) is 4.68. The number of hydrogen-bond acceptors (Lipinski definition) is 3. The van der Waals surface area contributed by atoms with E-state index in [9.17, 15) is 22.8 Å². The van der Waals surface area contributed by atoms with Crippen LogP contribution in [0.4, 0.5) is 18.9 Å². The molecule has 9 heteroatoms. The standard InChI is InChI=1S/C17H8Cl2F3NO3/c18-10-6-4-9(5-7-10)13-14(19)16(25)23(15(13)24)11-2-1-3-12(8-11)26-17(20,21)22/h1-8H. The quantitative estimate of drug-likeness (QED) is 0.696. The SMILES string of the molecule is O=C1C(Cl)=C(c2ccc(Cl)cc2)C(=O)N1c1cccc(OC(F)(F)F)c1. The zero-order valence-corrected chi connectivity index (χ0v) is 14.2. The summed E-state index contributed by atoms with van der Waals surface area (Å²) in [6, 6.07) is 10.6. The van der Waals surface area contributed by atoms with E-state index >= 15 is 0 Å². The molecule has 2 aromatic carbocycles. The lowest BCUT2D eigenvalue weighted by Gasteiger charge is -2.16. The third-order valence-electron chi connectivity index (χ3n) is 3.47. The summed E-state index contributed by atoms with van der Waals surface area (Å²) in [6.07, 6.45) is -4.90. The van der Waals surface area contributed by atoms with Gasteiger partial charge in [-0.05, 0) is 29.8 Å². The number of carbonyl (C=O) groups excluding carboxylic acids is 2.